The lowest BCUT2D eigenvalue weighted by Crippen LogP contribution is -2.40. The van der Waals surface area contributed by atoms with Crippen LogP contribution >= 0.6 is 11.6 Å². The van der Waals surface area contributed by atoms with Crippen molar-refractivity contribution in [3.63, 3.8) is 0 Å². The van der Waals surface area contributed by atoms with Crippen molar-refractivity contribution in [2.45, 2.75) is 25.7 Å². The molecule has 1 aliphatic heterocycles. The zero-order chi connectivity index (χ0) is 12.8. The van der Waals surface area contributed by atoms with Crippen LogP contribution in [0.1, 0.15) is 25.3 Å². The van der Waals surface area contributed by atoms with Crippen LogP contribution in [0.5, 0.6) is 5.75 Å². The molecule has 0 aromatic heterocycles. The maximum atomic E-state index is 13.8. The summed E-state index contributed by atoms with van der Waals surface area (Å²) in [6.45, 7) is 2.63. The molecule has 1 aromatic rings. The Bertz CT molecular complexity index is 446. The van der Waals surface area contributed by atoms with Crippen molar-refractivity contribution in [2.24, 2.45) is 5.92 Å². The average molecular weight is 265 g/mol. The molecule has 17 heavy (non-hydrogen) atoms. The van der Waals surface area contributed by atoms with Gasteiger partial charge >= 0.3 is 0 Å². The first-order valence-electron chi connectivity index (χ1n) is 5.33. The molecule has 1 nitrogen and oxygen atoms in total. The third kappa shape index (κ3) is 1.99. The van der Waals surface area contributed by atoms with Crippen LogP contribution in [0.4, 0.5) is 13.2 Å². The molecule has 0 bridgehead atoms. The maximum absolute atomic E-state index is 13.8. The molecule has 0 radical (unpaired) electrons. The molecule has 5 heteroatoms. The average Bonchev–Trinajstić information content (AvgIpc) is 2.22. The second-order valence-corrected chi connectivity index (χ2v) is 4.92. The van der Waals surface area contributed by atoms with Crippen molar-refractivity contribution in [3.8, 4) is 5.75 Å². The van der Waals surface area contributed by atoms with Crippen molar-refractivity contribution in [1.29, 1.82) is 0 Å². The molecule has 0 N–H and O–H groups in total. The van der Waals surface area contributed by atoms with Crippen LogP contribution in [-0.2, 0) is 0 Å². The summed E-state index contributed by atoms with van der Waals surface area (Å²) in [7, 11) is 0. The summed E-state index contributed by atoms with van der Waals surface area (Å²) < 4.78 is 45.9. The fraction of sp³-hybridized carbons (Fsp3) is 0.500. The van der Waals surface area contributed by atoms with Gasteiger partial charge in [0.05, 0.1) is 10.9 Å². The monoisotopic (exact) mass is 264 g/mol. The van der Waals surface area contributed by atoms with Crippen LogP contribution in [0.3, 0.4) is 0 Å². The minimum Gasteiger partial charge on any atom is -0.487 e. The summed E-state index contributed by atoms with van der Waals surface area (Å²) >= 11 is 5.79. The first-order chi connectivity index (χ1) is 7.84. The van der Waals surface area contributed by atoms with Crippen molar-refractivity contribution >= 4 is 11.6 Å². The quantitative estimate of drug-likeness (QED) is 0.737. The van der Waals surface area contributed by atoms with Crippen molar-refractivity contribution < 1.29 is 17.9 Å². The normalized spacial score (nSPS) is 22.2. The van der Waals surface area contributed by atoms with Gasteiger partial charge in [0.15, 0.2) is 6.61 Å². The molecule has 0 fully saturated rings. The number of halogens is 4. The molecule has 1 atom stereocenters. The Morgan fingerprint density at radius 2 is 2.06 bits per heavy atom. The second kappa shape index (κ2) is 4.09. The van der Waals surface area contributed by atoms with Gasteiger partial charge in [0.1, 0.15) is 11.6 Å². The topological polar surface area (TPSA) is 9.23 Å². The predicted octanol–water partition coefficient (Wildman–Crippen LogP) is 4.25. The SMILES string of the molecule is CC(C)C1c2c(ccc(F)c2Cl)OCC1(F)F. The first kappa shape index (κ1) is 12.6. The van der Waals surface area contributed by atoms with E-state index in [1.54, 1.807) is 13.8 Å². The van der Waals surface area contributed by atoms with Gasteiger partial charge in [0, 0.05) is 5.56 Å². The molecule has 1 aromatic carbocycles. The van der Waals surface area contributed by atoms with E-state index in [2.05, 4.69) is 0 Å². The summed E-state index contributed by atoms with van der Waals surface area (Å²) in [5, 5.41) is -0.263. The first-order valence-corrected chi connectivity index (χ1v) is 5.71. The largest absolute Gasteiger partial charge is 0.487 e. The zero-order valence-electron chi connectivity index (χ0n) is 9.44. The number of ether oxygens (including phenoxy) is 1. The molecule has 94 valence electrons. The van der Waals surface area contributed by atoms with Crippen LogP contribution in [0, 0.1) is 11.7 Å². The van der Waals surface area contributed by atoms with E-state index in [1.807, 2.05) is 0 Å². The van der Waals surface area contributed by atoms with Crippen molar-refractivity contribution in [1.82, 2.24) is 0 Å². The second-order valence-electron chi connectivity index (χ2n) is 4.54. The number of hydrogen-bond acceptors (Lipinski definition) is 1. The number of hydrogen-bond donors (Lipinski definition) is 0. The van der Waals surface area contributed by atoms with Gasteiger partial charge in [-0.25, -0.2) is 13.2 Å². The van der Waals surface area contributed by atoms with E-state index >= 15 is 0 Å². The summed E-state index contributed by atoms with van der Waals surface area (Å²) in [5.74, 6) is -4.95. The van der Waals surface area contributed by atoms with Gasteiger partial charge in [-0.3, -0.25) is 0 Å². The Labute approximate surface area is 103 Å². The van der Waals surface area contributed by atoms with Gasteiger partial charge in [-0.2, -0.15) is 0 Å². The minimum atomic E-state index is -3.03. The lowest BCUT2D eigenvalue weighted by Gasteiger charge is -2.36. The number of fused-ring (bicyclic) bond motifs is 1. The molecule has 0 amide bonds. The Kier molecular flexibility index (Phi) is 3.02. The fourth-order valence-corrected chi connectivity index (χ4v) is 2.53. The fourth-order valence-electron chi connectivity index (χ4n) is 2.26. The molecule has 2 rings (SSSR count). The smallest absolute Gasteiger partial charge is 0.288 e. The third-order valence-electron chi connectivity index (χ3n) is 2.95. The van der Waals surface area contributed by atoms with Crippen LogP contribution in [0.2, 0.25) is 5.02 Å². The van der Waals surface area contributed by atoms with Gasteiger partial charge in [0.2, 0.25) is 0 Å². The standard InChI is InChI=1S/C12H12ClF3O/c1-6(2)10-9-8(17-5-12(10,15)16)4-3-7(14)11(9)13/h3-4,6,10H,5H2,1-2H3. The highest BCUT2D eigenvalue weighted by atomic mass is 35.5. The highest BCUT2D eigenvalue weighted by molar-refractivity contribution is 6.31. The number of rotatable bonds is 1. The van der Waals surface area contributed by atoms with E-state index < -0.39 is 24.3 Å². The van der Waals surface area contributed by atoms with Gasteiger partial charge < -0.3 is 4.74 Å². The van der Waals surface area contributed by atoms with Gasteiger partial charge in [0.25, 0.3) is 5.92 Å². The summed E-state index contributed by atoms with van der Waals surface area (Å²) in [6.07, 6.45) is 0. The molecule has 1 aliphatic rings. The highest BCUT2D eigenvalue weighted by Gasteiger charge is 2.48. The van der Waals surface area contributed by atoms with E-state index in [0.29, 0.717) is 0 Å². The van der Waals surface area contributed by atoms with Crippen molar-refractivity contribution in [3.05, 3.63) is 28.5 Å². The number of benzene rings is 1. The molecular weight excluding hydrogens is 253 g/mol. The van der Waals surface area contributed by atoms with E-state index in [1.165, 1.54) is 6.07 Å². The molecule has 0 saturated heterocycles. The van der Waals surface area contributed by atoms with E-state index in [-0.39, 0.29) is 22.3 Å². The van der Waals surface area contributed by atoms with E-state index in [0.717, 1.165) is 6.07 Å². The molecule has 0 saturated carbocycles. The van der Waals surface area contributed by atoms with Crippen molar-refractivity contribution in [2.75, 3.05) is 6.61 Å². The number of alkyl halides is 2. The maximum Gasteiger partial charge on any atom is 0.288 e. The molecule has 1 unspecified atom stereocenters. The lowest BCUT2D eigenvalue weighted by atomic mass is 9.81. The molecule has 0 spiro atoms. The van der Waals surface area contributed by atoms with Gasteiger partial charge in [-0.1, -0.05) is 25.4 Å². The molecule has 0 aliphatic carbocycles. The Hall–Kier alpha value is -0.900. The molecule has 1 heterocycles. The van der Waals surface area contributed by atoms with Gasteiger partial charge in [-0.05, 0) is 18.1 Å². The minimum absolute atomic E-state index is 0.0814. The molecular formula is C12H12ClF3O. The Morgan fingerprint density at radius 3 is 2.65 bits per heavy atom. The zero-order valence-corrected chi connectivity index (χ0v) is 10.2. The summed E-state index contributed by atoms with van der Waals surface area (Å²) in [6, 6.07) is 2.48. The van der Waals surface area contributed by atoms with Crippen LogP contribution in [0.25, 0.3) is 0 Å². The van der Waals surface area contributed by atoms with E-state index in [9.17, 15) is 13.2 Å². The summed E-state index contributed by atoms with van der Waals surface area (Å²) in [5.41, 5.74) is 0.0814. The van der Waals surface area contributed by atoms with E-state index in [4.69, 9.17) is 16.3 Å². The Morgan fingerprint density at radius 1 is 1.41 bits per heavy atom. The van der Waals surface area contributed by atoms with Crippen LogP contribution in [-0.4, -0.2) is 12.5 Å². The predicted molar refractivity (Wildman–Crippen MR) is 59.4 cm³/mol. The lowest BCUT2D eigenvalue weighted by molar-refractivity contribution is -0.0882. The third-order valence-corrected chi connectivity index (χ3v) is 3.33. The van der Waals surface area contributed by atoms with Crippen LogP contribution in [0.15, 0.2) is 12.1 Å². The van der Waals surface area contributed by atoms with Gasteiger partial charge in [-0.15, -0.1) is 0 Å². The Balaban J connectivity index is 2.63. The van der Waals surface area contributed by atoms with Crippen LogP contribution < -0.4 is 4.74 Å². The summed E-state index contributed by atoms with van der Waals surface area (Å²) in [4.78, 5) is 0. The highest BCUT2D eigenvalue weighted by Crippen LogP contribution is 2.49.